The van der Waals surface area contributed by atoms with Crippen molar-refractivity contribution in [3.05, 3.63) is 95.1 Å². The number of amidine groups is 1. The van der Waals surface area contributed by atoms with Gasteiger partial charge in [-0.1, -0.05) is 24.3 Å². The molecular weight excluding hydrogens is 448 g/mol. The number of sulfone groups is 1. The molecule has 0 aliphatic carbocycles. The van der Waals surface area contributed by atoms with Gasteiger partial charge in [-0.05, 0) is 53.6 Å². The Kier molecular flexibility index (Phi) is 6.50. The summed E-state index contributed by atoms with van der Waals surface area (Å²) in [6.45, 7) is 0.313. The summed E-state index contributed by atoms with van der Waals surface area (Å²) in [4.78, 5) is 10.6. The number of benzene rings is 3. The van der Waals surface area contributed by atoms with Gasteiger partial charge in [0.25, 0.3) is 0 Å². The van der Waals surface area contributed by atoms with E-state index in [0.717, 1.165) is 5.69 Å². The van der Waals surface area contributed by atoms with Crippen LogP contribution < -0.4 is 9.64 Å². The molecule has 33 heavy (non-hydrogen) atoms. The molecule has 9 heteroatoms. The Bertz CT molecular complexity index is 1340. The van der Waals surface area contributed by atoms with Crippen molar-refractivity contribution in [1.29, 1.82) is 0 Å². The van der Waals surface area contributed by atoms with Crippen LogP contribution in [0.4, 0.5) is 14.5 Å². The van der Waals surface area contributed by atoms with E-state index in [4.69, 9.17) is 4.74 Å². The lowest BCUT2D eigenvalue weighted by Crippen LogP contribution is -2.27. The van der Waals surface area contributed by atoms with Crippen LogP contribution in [0.15, 0.2) is 76.7 Å². The van der Waals surface area contributed by atoms with Crippen LogP contribution in [0, 0.1) is 11.6 Å². The number of nitrogens with zero attached hydrogens (tertiary/aromatic N) is 3. The Labute approximate surface area is 190 Å². The number of hydrogen-bond donors (Lipinski definition) is 0. The highest BCUT2D eigenvalue weighted by Gasteiger charge is 2.17. The number of halogens is 2. The summed E-state index contributed by atoms with van der Waals surface area (Å²) in [5.41, 5.74) is 2.42. The molecule has 1 aliphatic rings. The molecule has 1 heterocycles. The van der Waals surface area contributed by atoms with E-state index in [-0.39, 0.29) is 24.8 Å². The lowest BCUT2D eigenvalue weighted by atomic mass is 10.1. The zero-order valence-electron chi connectivity index (χ0n) is 17.8. The zero-order valence-corrected chi connectivity index (χ0v) is 18.6. The van der Waals surface area contributed by atoms with E-state index in [0.29, 0.717) is 28.3 Å². The van der Waals surface area contributed by atoms with E-state index in [1.54, 1.807) is 41.6 Å². The average molecular weight is 470 g/mol. The Hall–Kier alpha value is -3.59. The van der Waals surface area contributed by atoms with Crippen LogP contribution in [0.5, 0.6) is 5.75 Å². The van der Waals surface area contributed by atoms with Gasteiger partial charge in [-0.3, -0.25) is 0 Å². The van der Waals surface area contributed by atoms with Crippen molar-refractivity contribution in [2.24, 2.45) is 9.98 Å². The number of aliphatic imine (C=N–C) groups is 2. The molecule has 170 valence electrons. The monoisotopic (exact) mass is 469 g/mol. The quantitative estimate of drug-likeness (QED) is 0.516. The molecule has 0 aromatic heterocycles. The van der Waals surface area contributed by atoms with Crippen molar-refractivity contribution >= 4 is 27.7 Å². The summed E-state index contributed by atoms with van der Waals surface area (Å²) in [6, 6.07) is 17.2. The van der Waals surface area contributed by atoms with Gasteiger partial charge in [0.1, 0.15) is 30.7 Å². The van der Waals surface area contributed by atoms with Crippen molar-refractivity contribution in [2.75, 3.05) is 17.8 Å². The van der Waals surface area contributed by atoms with Crippen molar-refractivity contribution in [2.45, 2.75) is 12.4 Å². The van der Waals surface area contributed by atoms with Crippen LogP contribution in [0.2, 0.25) is 0 Å². The van der Waals surface area contributed by atoms with E-state index in [9.17, 15) is 17.2 Å². The first-order valence-electron chi connectivity index (χ1n) is 10.1. The lowest BCUT2D eigenvalue weighted by molar-refractivity contribution is 0.304. The molecule has 3 aromatic carbocycles. The van der Waals surface area contributed by atoms with E-state index in [2.05, 4.69) is 9.98 Å². The van der Waals surface area contributed by atoms with Crippen molar-refractivity contribution in [3.63, 3.8) is 0 Å². The Balaban J connectivity index is 1.51. The van der Waals surface area contributed by atoms with E-state index >= 15 is 0 Å². The Morgan fingerprint density at radius 2 is 1.73 bits per heavy atom. The van der Waals surface area contributed by atoms with Crippen LogP contribution in [0.3, 0.4) is 0 Å². The van der Waals surface area contributed by atoms with Gasteiger partial charge in [0.15, 0.2) is 15.7 Å². The summed E-state index contributed by atoms with van der Waals surface area (Å²) in [6.07, 6.45) is 2.74. The molecule has 3 aromatic rings. The van der Waals surface area contributed by atoms with Gasteiger partial charge in [-0.25, -0.2) is 27.2 Å². The fourth-order valence-electron chi connectivity index (χ4n) is 3.37. The molecule has 0 saturated heterocycles. The zero-order chi connectivity index (χ0) is 23.4. The minimum atomic E-state index is -3.16. The van der Waals surface area contributed by atoms with Crippen molar-refractivity contribution in [1.82, 2.24) is 0 Å². The first-order chi connectivity index (χ1) is 15.8. The van der Waals surface area contributed by atoms with Crippen LogP contribution in [-0.2, 0) is 22.2 Å². The highest BCUT2D eigenvalue weighted by molar-refractivity contribution is 7.89. The van der Waals surface area contributed by atoms with Gasteiger partial charge in [0, 0.05) is 11.9 Å². The second kappa shape index (κ2) is 9.50. The summed E-state index contributed by atoms with van der Waals surface area (Å²) in [7, 11) is -3.16. The SMILES string of the molecule is CS(=O)(=O)Cc1cccc(N2C=NC(c3cc(F)ccc3OCc3cccc(F)c3)=NC2)c1. The third-order valence-electron chi connectivity index (χ3n) is 4.83. The summed E-state index contributed by atoms with van der Waals surface area (Å²) < 4.78 is 56.4. The summed E-state index contributed by atoms with van der Waals surface area (Å²) >= 11 is 0. The van der Waals surface area contributed by atoms with E-state index in [1.807, 2.05) is 6.07 Å². The molecule has 0 saturated carbocycles. The largest absolute Gasteiger partial charge is 0.488 e. The fraction of sp³-hybridized carbons (Fsp3) is 0.167. The number of anilines is 1. The topological polar surface area (TPSA) is 71.3 Å². The molecule has 0 unspecified atom stereocenters. The second-order valence-electron chi connectivity index (χ2n) is 7.64. The van der Waals surface area contributed by atoms with Crippen molar-refractivity contribution < 1.29 is 21.9 Å². The van der Waals surface area contributed by atoms with Gasteiger partial charge in [0.2, 0.25) is 0 Å². The van der Waals surface area contributed by atoms with Crippen LogP contribution in [0.25, 0.3) is 0 Å². The smallest absolute Gasteiger partial charge is 0.161 e. The van der Waals surface area contributed by atoms with Gasteiger partial charge >= 0.3 is 0 Å². The molecule has 1 aliphatic heterocycles. The molecule has 0 radical (unpaired) electrons. The van der Waals surface area contributed by atoms with Gasteiger partial charge in [0.05, 0.1) is 17.7 Å². The van der Waals surface area contributed by atoms with Crippen LogP contribution in [0.1, 0.15) is 16.7 Å². The maximum Gasteiger partial charge on any atom is 0.161 e. The molecule has 0 fully saturated rings. The first-order valence-corrected chi connectivity index (χ1v) is 12.1. The highest BCUT2D eigenvalue weighted by Crippen LogP contribution is 2.25. The lowest BCUT2D eigenvalue weighted by Gasteiger charge is -2.22. The average Bonchev–Trinajstić information content (AvgIpc) is 2.77. The molecule has 4 rings (SSSR count). The summed E-state index contributed by atoms with van der Waals surface area (Å²) in [5.74, 6) is -0.211. The number of rotatable bonds is 7. The standard InChI is InChI=1S/C24H21F2N3O3S/c1-33(30,31)14-18-5-3-7-21(11-18)29-15-27-24(28-16-29)22-12-20(26)8-9-23(22)32-13-17-4-2-6-19(25)10-17/h2-12,15H,13-14,16H2,1H3. The minimum Gasteiger partial charge on any atom is -0.488 e. The normalized spacial score (nSPS) is 13.7. The third-order valence-corrected chi connectivity index (χ3v) is 5.69. The van der Waals surface area contributed by atoms with Gasteiger partial charge in [-0.15, -0.1) is 0 Å². The van der Waals surface area contributed by atoms with E-state index < -0.39 is 15.7 Å². The fourth-order valence-corrected chi connectivity index (χ4v) is 4.15. The second-order valence-corrected chi connectivity index (χ2v) is 9.78. The van der Waals surface area contributed by atoms with Crippen LogP contribution >= 0.6 is 0 Å². The molecule has 0 atom stereocenters. The molecule has 0 N–H and O–H groups in total. The predicted molar refractivity (Wildman–Crippen MR) is 124 cm³/mol. The van der Waals surface area contributed by atoms with E-state index in [1.165, 1.54) is 36.6 Å². The minimum absolute atomic E-state index is 0.0599. The molecule has 6 nitrogen and oxygen atoms in total. The Morgan fingerprint density at radius 1 is 0.970 bits per heavy atom. The maximum absolute atomic E-state index is 14.0. The summed E-state index contributed by atoms with van der Waals surface area (Å²) in [5, 5.41) is 0. The first kappa shape index (κ1) is 22.6. The number of hydrogen-bond acceptors (Lipinski definition) is 6. The Morgan fingerprint density at radius 3 is 2.45 bits per heavy atom. The third kappa shape index (κ3) is 6.01. The number of ether oxygens (including phenoxy) is 1. The molecule has 0 amide bonds. The van der Waals surface area contributed by atoms with Gasteiger partial charge < -0.3 is 9.64 Å². The molecule has 0 bridgehead atoms. The molecule has 0 spiro atoms. The molecular formula is C24H21F2N3O3S. The maximum atomic E-state index is 14.0. The van der Waals surface area contributed by atoms with Gasteiger partial charge in [-0.2, -0.15) is 0 Å². The predicted octanol–water partition coefficient (Wildman–Crippen LogP) is 4.34. The van der Waals surface area contributed by atoms with Crippen LogP contribution in [-0.4, -0.2) is 33.5 Å². The highest BCUT2D eigenvalue weighted by atomic mass is 32.2. The van der Waals surface area contributed by atoms with Crippen molar-refractivity contribution in [3.8, 4) is 5.75 Å².